The summed E-state index contributed by atoms with van der Waals surface area (Å²) in [5, 5.41) is 10.5. The van der Waals surface area contributed by atoms with Crippen molar-refractivity contribution in [2.45, 2.75) is 48.3 Å². The minimum Gasteiger partial charge on any atom is -0.225 e. The molecule has 0 amide bonds. The fraction of sp³-hybridized carbons (Fsp3) is 0.333. The molecule has 0 aromatic heterocycles. The Bertz CT molecular complexity index is 875. The predicted molar refractivity (Wildman–Crippen MR) is 102 cm³/mol. The summed E-state index contributed by atoms with van der Waals surface area (Å²) < 4.78 is 46.3. The molecule has 0 heterocycles. The third kappa shape index (κ3) is 5.91. The first-order valence-corrected chi connectivity index (χ1v) is 11.5. The Morgan fingerprint density at radius 3 is 1.27 bits per heavy atom. The second-order valence-electron chi connectivity index (χ2n) is 6.22. The van der Waals surface area contributed by atoms with Gasteiger partial charge in [0.2, 0.25) is 20.0 Å². The number of rotatable bonds is 9. The van der Waals surface area contributed by atoms with Gasteiger partial charge in [-0.1, -0.05) is 49.2 Å². The van der Waals surface area contributed by atoms with E-state index in [1.807, 2.05) is 0 Å². The fourth-order valence-corrected chi connectivity index (χ4v) is 4.57. The Hall–Kier alpha value is -1.74. The Morgan fingerprint density at radius 1 is 0.577 bits per heavy atom. The highest BCUT2D eigenvalue weighted by Gasteiger charge is 2.13. The maximum Gasteiger partial charge on any atom is 0.238 e. The van der Waals surface area contributed by atoms with Crippen LogP contribution in [0, 0.1) is 0 Å². The lowest BCUT2D eigenvalue weighted by atomic mass is 10.0. The first kappa shape index (κ1) is 20.6. The van der Waals surface area contributed by atoms with E-state index in [0.717, 1.165) is 36.8 Å². The van der Waals surface area contributed by atoms with Crippen LogP contribution >= 0.6 is 0 Å². The smallest absolute Gasteiger partial charge is 0.225 e. The highest BCUT2D eigenvalue weighted by Crippen LogP contribution is 2.19. The van der Waals surface area contributed by atoms with Crippen LogP contribution < -0.4 is 10.3 Å². The third-order valence-electron chi connectivity index (χ3n) is 4.20. The van der Waals surface area contributed by atoms with E-state index in [0.29, 0.717) is 12.8 Å². The van der Waals surface area contributed by atoms with Gasteiger partial charge in [0.1, 0.15) is 0 Å². The zero-order chi connectivity index (χ0) is 19.2. The molecule has 8 heteroatoms. The molecule has 0 aliphatic carbocycles. The first-order chi connectivity index (χ1) is 12.2. The Labute approximate surface area is 155 Å². The molecule has 0 fully saturated rings. The van der Waals surface area contributed by atoms with E-state index >= 15 is 0 Å². The summed E-state index contributed by atoms with van der Waals surface area (Å²) in [7, 11) is -7.41. The number of hydrogen-bond donors (Lipinski definition) is 2. The van der Waals surface area contributed by atoms with Crippen LogP contribution in [0.15, 0.2) is 58.3 Å². The lowest BCUT2D eigenvalue weighted by Crippen LogP contribution is -2.14. The molecule has 0 bridgehead atoms. The Balaban J connectivity index is 1.83. The molecule has 4 N–H and O–H groups in total. The molecule has 0 radical (unpaired) electrons. The molecule has 0 spiro atoms. The Kier molecular flexibility index (Phi) is 6.94. The second kappa shape index (κ2) is 8.77. The zero-order valence-electron chi connectivity index (χ0n) is 14.5. The molecule has 0 aliphatic heterocycles. The van der Waals surface area contributed by atoms with Crippen molar-refractivity contribution in [3.05, 3.63) is 59.7 Å². The molecule has 6 nitrogen and oxygen atoms in total. The standard InChI is InChI=1S/C18H24N2O4S2/c19-25(21,22)17-13-7-5-11-15(17)9-3-1-2-4-10-16-12-6-8-14-18(16)26(20,23)24/h5-8,11-14H,1-4,9-10H2,(H2,19,21,22)(H2,20,23,24). The SMILES string of the molecule is NS(=O)(=O)c1ccccc1CCCCCCc1ccccc1S(N)(=O)=O. The number of sulfonamides is 2. The second-order valence-corrected chi connectivity index (χ2v) is 9.28. The van der Waals surface area contributed by atoms with Gasteiger partial charge in [0.25, 0.3) is 0 Å². The lowest BCUT2D eigenvalue weighted by Gasteiger charge is -2.09. The molecule has 0 aliphatic rings. The minimum absolute atomic E-state index is 0.182. The third-order valence-corrected chi connectivity index (χ3v) is 6.22. The van der Waals surface area contributed by atoms with Crippen molar-refractivity contribution >= 4 is 20.0 Å². The Morgan fingerprint density at radius 2 is 0.923 bits per heavy atom. The summed E-state index contributed by atoms with van der Waals surface area (Å²) in [5.41, 5.74) is 1.46. The van der Waals surface area contributed by atoms with Crippen molar-refractivity contribution in [2.24, 2.45) is 10.3 Å². The monoisotopic (exact) mass is 396 g/mol. The average Bonchev–Trinajstić information content (AvgIpc) is 2.57. The number of primary sulfonamides is 2. The van der Waals surface area contributed by atoms with Crippen LogP contribution in [-0.4, -0.2) is 16.8 Å². The lowest BCUT2D eigenvalue weighted by molar-refractivity contribution is 0.591. The van der Waals surface area contributed by atoms with Crippen molar-refractivity contribution in [3.63, 3.8) is 0 Å². The van der Waals surface area contributed by atoms with Crippen LogP contribution in [0.25, 0.3) is 0 Å². The van der Waals surface area contributed by atoms with Gasteiger partial charge in [-0.2, -0.15) is 0 Å². The van der Waals surface area contributed by atoms with Crippen LogP contribution in [0.1, 0.15) is 36.8 Å². The van der Waals surface area contributed by atoms with Crippen molar-refractivity contribution in [1.29, 1.82) is 0 Å². The van der Waals surface area contributed by atoms with E-state index in [-0.39, 0.29) is 9.79 Å². The molecule has 142 valence electrons. The number of nitrogens with two attached hydrogens (primary N) is 2. The molecule has 0 atom stereocenters. The van der Waals surface area contributed by atoms with Gasteiger partial charge in [0.05, 0.1) is 9.79 Å². The summed E-state index contributed by atoms with van der Waals surface area (Å²) in [5.74, 6) is 0. The largest absolute Gasteiger partial charge is 0.238 e. The number of hydrogen-bond acceptors (Lipinski definition) is 4. The van der Waals surface area contributed by atoms with Crippen molar-refractivity contribution < 1.29 is 16.8 Å². The molecule has 0 unspecified atom stereocenters. The molecule has 2 rings (SSSR count). The summed E-state index contributed by atoms with van der Waals surface area (Å²) in [6, 6.07) is 13.5. The number of benzene rings is 2. The van der Waals surface area contributed by atoms with Gasteiger partial charge in [0.15, 0.2) is 0 Å². The van der Waals surface area contributed by atoms with Crippen LogP contribution in [0.2, 0.25) is 0 Å². The predicted octanol–water partition coefficient (Wildman–Crippen LogP) is 2.33. The minimum atomic E-state index is -3.70. The van der Waals surface area contributed by atoms with Crippen LogP contribution in [-0.2, 0) is 32.9 Å². The van der Waals surface area contributed by atoms with Crippen molar-refractivity contribution in [1.82, 2.24) is 0 Å². The van der Waals surface area contributed by atoms with Gasteiger partial charge in [-0.25, -0.2) is 27.1 Å². The van der Waals surface area contributed by atoms with Gasteiger partial charge < -0.3 is 0 Å². The van der Waals surface area contributed by atoms with Gasteiger partial charge in [-0.3, -0.25) is 0 Å². The first-order valence-electron chi connectivity index (χ1n) is 8.41. The summed E-state index contributed by atoms with van der Waals surface area (Å²) >= 11 is 0. The van der Waals surface area contributed by atoms with Gasteiger partial charge >= 0.3 is 0 Å². The highest BCUT2D eigenvalue weighted by molar-refractivity contribution is 7.89. The maximum atomic E-state index is 11.6. The highest BCUT2D eigenvalue weighted by atomic mass is 32.2. The summed E-state index contributed by atoms with van der Waals surface area (Å²) in [6.45, 7) is 0. The average molecular weight is 397 g/mol. The molecular formula is C18H24N2O4S2. The van der Waals surface area contributed by atoms with Gasteiger partial charge in [-0.05, 0) is 48.9 Å². The maximum absolute atomic E-state index is 11.6. The number of aryl methyl sites for hydroxylation is 2. The quantitative estimate of drug-likeness (QED) is 0.632. The van der Waals surface area contributed by atoms with E-state index in [4.69, 9.17) is 10.3 Å². The number of unbranched alkanes of at least 4 members (excludes halogenated alkanes) is 3. The summed E-state index contributed by atoms with van der Waals surface area (Å²) in [6.07, 6.45) is 4.78. The topological polar surface area (TPSA) is 120 Å². The molecule has 0 saturated carbocycles. The van der Waals surface area contributed by atoms with Crippen LogP contribution in [0.3, 0.4) is 0 Å². The normalized spacial score (nSPS) is 12.2. The van der Waals surface area contributed by atoms with Crippen molar-refractivity contribution in [2.75, 3.05) is 0 Å². The van der Waals surface area contributed by atoms with Crippen LogP contribution in [0.5, 0.6) is 0 Å². The van der Waals surface area contributed by atoms with E-state index < -0.39 is 20.0 Å². The van der Waals surface area contributed by atoms with Gasteiger partial charge in [0, 0.05) is 0 Å². The van der Waals surface area contributed by atoms with Gasteiger partial charge in [-0.15, -0.1) is 0 Å². The van der Waals surface area contributed by atoms with Crippen molar-refractivity contribution in [3.8, 4) is 0 Å². The molecule has 26 heavy (non-hydrogen) atoms. The fourth-order valence-electron chi connectivity index (χ4n) is 2.96. The van der Waals surface area contributed by atoms with E-state index in [1.165, 1.54) is 12.1 Å². The molecule has 2 aromatic rings. The van der Waals surface area contributed by atoms with E-state index in [9.17, 15) is 16.8 Å². The van der Waals surface area contributed by atoms with E-state index in [1.54, 1.807) is 36.4 Å². The van der Waals surface area contributed by atoms with E-state index in [2.05, 4.69) is 0 Å². The molecule has 0 saturated heterocycles. The van der Waals surface area contributed by atoms with Crippen LogP contribution in [0.4, 0.5) is 0 Å². The summed E-state index contributed by atoms with van der Waals surface area (Å²) in [4.78, 5) is 0.365. The zero-order valence-corrected chi connectivity index (χ0v) is 16.1. The molecule has 2 aromatic carbocycles. The molecular weight excluding hydrogens is 372 g/mol.